The Morgan fingerprint density at radius 1 is 1.04 bits per heavy atom. The Balaban J connectivity index is 1.56. The van der Waals surface area contributed by atoms with E-state index in [1.165, 1.54) is 16.9 Å². The van der Waals surface area contributed by atoms with Crippen molar-refractivity contribution in [1.82, 2.24) is 9.13 Å². The van der Waals surface area contributed by atoms with Crippen LogP contribution in [-0.2, 0) is 16.1 Å². The predicted molar refractivity (Wildman–Crippen MR) is 180 cm³/mol. The van der Waals surface area contributed by atoms with E-state index in [2.05, 4.69) is 51.7 Å². The van der Waals surface area contributed by atoms with E-state index < -0.39 is 12.0 Å². The van der Waals surface area contributed by atoms with E-state index in [1.807, 2.05) is 36.4 Å². The van der Waals surface area contributed by atoms with Crippen molar-refractivity contribution in [2.75, 3.05) is 20.8 Å². The van der Waals surface area contributed by atoms with Crippen LogP contribution >= 0.6 is 27.3 Å². The summed E-state index contributed by atoms with van der Waals surface area (Å²) in [6.45, 7) is 6.48. The molecule has 10 heteroatoms. The molecular formula is C35H32BrN3O5S. The largest absolute Gasteiger partial charge is 0.497 e. The molecule has 45 heavy (non-hydrogen) atoms. The van der Waals surface area contributed by atoms with Gasteiger partial charge in [0.2, 0.25) is 0 Å². The van der Waals surface area contributed by atoms with Gasteiger partial charge in [-0.05, 0) is 62.7 Å². The molecule has 0 N–H and O–H groups in total. The molecular weight excluding hydrogens is 654 g/mol. The molecule has 0 saturated carbocycles. The molecule has 0 amide bonds. The molecule has 3 aromatic carbocycles. The highest BCUT2D eigenvalue weighted by Crippen LogP contribution is 2.37. The van der Waals surface area contributed by atoms with E-state index in [0.717, 1.165) is 26.6 Å². The Labute approximate surface area is 272 Å². The van der Waals surface area contributed by atoms with Crippen molar-refractivity contribution in [3.8, 4) is 11.5 Å². The number of carbonyl (C=O) groups is 1. The van der Waals surface area contributed by atoms with Gasteiger partial charge in [-0.25, -0.2) is 9.79 Å². The number of carbonyl (C=O) groups excluding carboxylic acids is 1. The first-order valence-electron chi connectivity index (χ1n) is 14.5. The van der Waals surface area contributed by atoms with Gasteiger partial charge in [0.25, 0.3) is 5.56 Å². The lowest BCUT2D eigenvalue weighted by molar-refractivity contribution is -0.139. The maximum absolute atomic E-state index is 14.4. The number of fused-ring (bicyclic) bond motifs is 2. The minimum absolute atomic E-state index is 0.191. The number of hydrogen-bond donors (Lipinski definition) is 0. The van der Waals surface area contributed by atoms with Gasteiger partial charge in [0.15, 0.2) is 4.80 Å². The first-order chi connectivity index (χ1) is 21.7. The molecule has 1 atom stereocenters. The number of aromatic nitrogens is 2. The monoisotopic (exact) mass is 685 g/mol. The first-order valence-corrected chi connectivity index (χ1v) is 16.1. The first kappa shape index (κ1) is 30.6. The number of esters is 1. The molecule has 0 fully saturated rings. The maximum Gasteiger partial charge on any atom is 0.338 e. The summed E-state index contributed by atoms with van der Waals surface area (Å²) in [5.74, 6) is 0.552. The van der Waals surface area contributed by atoms with E-state index in [4.69, 9.17) is 19.2 Å². The molecule has 0 saturated heterocycles. The number of halogens is 1. The molecule has 0 bridgehead atoms. The molecule has 0 aliphatic carbocycles. The summed E-state index contributed by atoms with van der Waals surface area (Å²) in [7, 11) is 3.12. The summed E-state index contributed by atoms with van der Waals surface area (Å²) in [6, 6.07) is 21.1. The molecule has 230 valence electrons. The van der Waals surface area contributed by atoms with Crippen LogP contribution in [0.1, 0.15) is 42.3 Å². The average Bonchev–Trinajstić information content (AvgIpc) is 3.49. The minimum atomic E-state index is -0.803. The van der Waals surface area contributed by atoms with Gasteiger partial charge in [0, 0.05) is 44.8 Å². The summed E-state index contributed by atoms with van der Waals surface area (Å²) < 4.78 is 22.0. The maximum atomic E-state index is 14.4. The van der Waals surface area contributed by atoms with Crippen LogP contribution in [0.5, 0.6) is 11.5 Å². The van der Waals surface area contributed by atoms with E-state index in [-0.39, 0.29) is 12.2 Å². The fraction of sp³-hybridized carbons (Fsp3) is 0.229. The standard InChI is InChI=1S/C35H32BrN3O5S/c1-6-44-34(41)31-20(2)37-35-39(32(31)26-16-15-24(42-4)17-29(26)43-5)33(40)30(45-35)18-27-21(3)38(28-10-8-7-9-25(27)28)19-22-11-13-23(36)14-12-22/h7-18,32H,6,19H2,1-5H3/b30-18-/t32-/m1/s1. The number of rotatable bonds is 8. The fourth-order valence-electron chi connectivity index (χ4n) is 5.88. The zero-order valence-electron chi connectivity index (χ0n) is 25.6. The topological polar surface area (TPSA) is 84.1 Å². The Morgan fingerprint density at radius 3 is 2.51 bits per heavy atom. The van der Waals surface area contributed by atoms with Gasteiger partial charge < -0.3 is 18.8 Å². The Kier molecular flexibility index (Phi) is 8.52. The molecule has 6 rings (SSSR count). The summed E-state index contributed by atoms with van der Waals surface area (Å²) in [6.07, 6.45) is 1.95. The molecule has 8 nitrogen and oxygen atoms in total. The summed E-state index contributed by atoms with van der Waals surface area (Å²) in [5, 5.41) is 1.05. The zero-order valence-corrected chi connectivity index (χ0v) is 28.0. The van der Waals surface area contributed by atoms with Crippen molar-refractivity contribution < 1.29 is 19.0 Å². The second kappa shape index (κ2) is 12.5. The van der Waals surface area contributed by atoms with Gasteiger partial charge in [0.05, 0.1) is 36.6 Å². The molecule has 0 spiro atoms. The van der Waals surface area contributed by atoms with Gasteiger partial charge in [-0.15, -0.1) is 0 Å². The lowest BCUT2D eigenvalue weighted by Crippen LogP contribution is -2.40. The highest BCUT2D eigenvalue weighted by Gasteiger charge is 2.35. The van der Waals surface area contributed by atoms with Gasteiger partial charge in [-0.3, -0.25) is 9.36 Å². The van der Waals surface area contributed by atoms with Crippen LogP contribution in [0.4, 0.5) is 0 Å². The van der Waals surface area contributed by atoms with Crippen LogP contribution in [0.3, 0.4) is 0 Å². The quantitative estimate of drug-likeness (QED) is 0.190. The van der Waals surface area contributed by atoms with Crippen molar-refractivity contribution >= 4 is 50.2 Å². The van der Waals surface area contributed by atoms with Gasteiger partial charge in [-0.2, -0.15) is 0 Å². The third-order valence-electron chi connectivity index (χ3n) is 8.06. The molecule has 0 unspecified atom stereocenters. The van der Waals surface area contributed by atoms with Crippen molar-refractivity contribution in [2.45, 2.75) is 33.4 Å². The second-order valence-corrected chi connectivity index (χ2v) is 12.6. The van der Waals surface area contributed by atoms with Crippen molar-refractivity contribution in [3.05, 3.63) is 125 Å². The van der Waals surface area contributed by atoms with Crippen molar-refractivity contribution in [1.29, 1.82) is 0 Å². The number of ether oxygens (including phenoxy) is 3. The van der Waals surface area contributed by atoms with Crippen LogP contribution in [0, 0.1) is 6.92 Å². The Morgan fingerprint density at radius 2 is 1.80 bits per heavy atom. The van der Waals surface area contributed by atoms with Crippen LogP contribution in [-0.4, -0.2) is 35.9 Å². The number of thiazole rings is 1. The highest BCUT2D eigenvalue weighted by atomic mass is 79.9. The number of allylic oxidation sites excluding steroid dienone is 1. The van der Waals surface area contributed by atoms with E-state index in [0.29, 0.717) is 44.2 Å². The lowest BCUT2D eigenvalue weighted by atomic mass is 9.95. The molecule has 5 aromatic rings. The van der Waals surface area contributed by atoms with E-state index in [9.17, 15) is 9.59 Å². The Hall–Kier alpha value is -4.41. The normalized spacial score (nSPS) is 14.8. The van der Waals surface area contributed by atoms with Crippen molar-refractivity contribution in [3.63, 3.8) is 0 Å². The van der Waals surface area contributed by atoms with Crippen molar-refractivity contribution in [2.24, 2.45) is 4.99 Å². The smallest absolute Gasteiger partial charge is 0.338 e. The molecule has 0 radical (unpaired) electrons. The highest BCUT2D eigenvalue weighted by molar-refractivity contribution is 9.10. The summed E-state index contributed by atoms with van der Waals surface area (Å²) in [4.78, 5) is 33.0. The number of para-hydroxylation sites is 1. The Bertz CT molecular complexity index is 2160. The van der Waals surface area contributed by atoms with Gasteiger partial charge in [0.1, 0.15) is 17.5 Å². The zero-order chi connectivity index (χ0) is 31.8. The van der Waals surface area contributed by atoms with Gasteiger partial charge in [-0.1, -0.05) is 57.6 Å². The third-order valence-corrected chi connectivity index (χ3v) is 9.57. The van der Waals surface area contributed by atoms with Crippen LogP contribution in [0.25, 0.3) is 17.0 Å². The lowest BCUT2D eigenvalue weighted by Gasteiger charge is -2.26. The van der Waals surface area contributed by atoms with Crippen LogP contribution < -0.4 is 24.4 Å². The average molecular weight is 687 g/mol. The van der Waals surface area contributed by atoms with Crippen LogP contribution in [0.15, 0.2) is 92.3 Å². The van der Waals surface area contributed by atoms with Gasteiger partial charge >= 0.3 is 5.97 Å². The summed E-state index contributed by atoms with van der Waals surface area (Å²) in [5.41, 5.74) is 5.43. The summed E-state index contributed by atoms with van der Waals surface area (Å²) >= 11 is 4.82. The molecule has 1 aliphatic rings. The fourth-order valence-corrected chi connectivity index (χ4v) is 7.17. The minimum Gasteiger partial charge on any atom is -0.497 e. The second-order valence-electron chi connectivity index (χ2n) is 10.6. The number of nitrogens with zero attached hydrogens (tertiary/aromatic N) is 3. The van der Waals surface area contributed by atoms with E-state index >= 15 is 0 Å². The number of methoxy groups -OCH3 is 2. The third kappa shape index (κ3) is 5.53. The number of benzene rings is 3. The molecule has 1 aliphatic heterocycles. The molecule has 2 aromatic heterocycles. The molecule has 3 heterocycles. The predicted octanol–water partition coefficient (Wildman–Crippen LogP) is 5.89. The van der Waals surface area contributed by atoms with Crippen LogP contribution in [0.2, 0.25) is 0 Å². The van der Waals surface area contributed by atoms with E-state index in [1.54, 1.807) is 44.8 Å². The SMILES string of the molecule is CCOC(=O)C1=C(C)N=c2s/c(=C\c3c(C)n(Cc4ccc(Br)cc4)c4ccccc34)c(=O)n2[C@@H]1c1ccc(OC)cc1OC. The number of hydrogen-bond acceptors (Lipinski definition) is 7.